The molecule has 0 aromatic carbocycles. The quantitative estimate of drug-likeness (QED) is 0.0262. The van der Waals surface area contributed by atoms with Crippen molar-refractivity contribution in [2.24, 2.45) is 0 Å². The van der Waals surface area contributed by atoms with Crippen LogP contribution in [0.15, 0.2) is 122 Å². The third-order valence-electron chi connectivity index (χ3n) is 11.2. The van der Waals surface area contributed by atoms with Gasteiger partial charge in [-0.1, -0.05) is 213 Å². The van der Waals surface area contributed by atoms with E-state index in [0.717, 1.165) is 116 Å². The molecule has 0 N–H and O–H groups in total. The van der Waals surface area contributed by atoms with Crippen LogP contribution in [-0.4, -0.2) is 37.2 Å². The van der Waals surface area contributed by atoms with Crippen LogP contribution >= 0.6 is 0 Å². The lowest BCUT2D eigenvalue weighted by molar-refractivity contribution is -0.166. The Morgan fingerprint density at radius 3 is 1.00 bits per heavy atom. The van der Waals surface area contributed by atoms with Gasteiger partial charge in [0, 0.05) is 19.3 Å². The van der Waals surface area contributed by atoms with Gasteiger partial charge in [0.25, 0.3) is 0 Å². The van der Waals surface area contributed by atoms with Gasteiger partial charge in [-0.25, -0.2) is 0 Å². The van der Waals surface area contributed by atoms with E-state index in [4.69, 9.17) is 14.2 Å². The molecule has 0 aromatic heterocycles. The molecule has 68 heavy (non-hydrogen) atoms. The smallest absolute Gasteiger partial charge is 0.306 e. The topological polar surface area (TPSA) is 78.9 Å². The summed E-state index contributed by atoms with van der Waals surface area (Å²) >= 11 is 0. The van der Waals surface area contributed by atoms with Crippen molar-refractivity contribution in [2.75, 3.05) is 13.2 Å². The average molecular weight is 941 g/mol. The molecule has 0 saturated carbocycles. The Labute approximate surface area is 418 Å². The molecule has 0 aliphatic rings. The highest BCUT2D eigenvalue weighted by atomic mass is 16.6. The molecule has 0 rings (SSSR count). The molecule has 0 bridgehead atoms. The predicted molar refractivity (Wildman–Crippen MR) is 293 cm³/mol. The van der Waals surface area contributed by atoms with Crippen LogP contribution in [0.4, 0.5) is 0 Å². The van der Waals surface area contributed by atoms with Crippen LogP contribution in [0.25, 0.3) is 0 Å². The van der Waals surface area contributed by atoms with E-state index in [2.05, 4.69) is 130 Å². The first-order valence-electron chi connectivity index (χ1n) is 27.5. The minimum atomic E-state index is -0.822. The van der Waals surface area contributed by atoms with E-state index >= 15 is 0 Å². The summed E-state index contributed by atoms with van der Waals surface area (Å²) in [5.41, 5.74) is 0. The van der Waals surface area contributed by atoms with Gasteiger partial charge >= 0.3 is 17.9 Å². The van der Waals surface area contributed by atoms with Crippen LogP contribution in [0.5, 0.6) is 0 Å². The van der Waals surface area contributed by atoms with Gasteiger partial charge in [0.15, 0.2) is 6.10 Å². The van der Waals surface area contributed by atoms with Crippen molar-refractivity contribution in [3.05, 3.63) is 122 Å². The molecule has 0 radical (unpaired) electrons. The van der Waals surface area contributed by atoms with Crippen LogP contribution in [0, 0.1) is 0 Å². The Morgan fingerprint density at radius 2 is 0.603 bits per heavy atom. The van der Waals surface area contributed by atoms with Gasteiger partial charge in [-0.15, -0.1) is 0 Å². The maximum atomic E-state index is 12.8. The van der Waals surface area contributed by atoms with Gasteiger partial charge in [-0.2, -0.15) is 0 Å². The molecule has 384 valence electrons. The lowest BCUT2D eigenvalue weighted by Gasteiger charge is -2.18. The predicted octanol–water partition coefficient (Wildman–Crippen LogP) is 18.5. The lowest BCUT2D eigenvalue weighted by Crippen LogP contribution is -2.30. The molecule has 0 fully saturated rings. The zero-order chi connectivity index (χ0) is 49.3. The van der Waals surface area contributed by atoms with Gasteiger partial charge in [0.1, 0.15) is 13.2 Å². The van der Waals surface area contributed by atoms with Crippen molar-refractivity contribution in [2.45, 2.75) is 239 Å². The maximum Gasteiger partial charge on any atom is 0.306 e. The summed E-state index contributed by atoms with van der Waals surface area (Å²) in [5, 5.41) is 0. The molecule has 0 saturated heterocycles. The standard InChI is InChI=1S/C62H100O6/c1-4-7-10-13-16-19-22-25-27-29-31-33-35-37-40-43-46-49-52-55-61(64)67-58-59(57-66-60(63)54-51-48-45-42-39-24-21-18-15-12-9-6-3)68-62(65)56-53-50-47-44-41-38-36-34-32-30-28-26-23-20-17-14-11-8-5-2/h7,10,16-21,25-28,31-34,37,40,46,49,59H,4-6,8-9,11-15,22-24,29-30,35-36,38-39,41-45,47-48,50-58H2,1-3H3/b10-7-,19-16-,20-17-,21-18-,27-25-,28-26-,33-31-,34-32-,40-37-,49-46-. The van der Waals surface area contributed by atoms with E-state index in [-0.39, 0.29) is 37.5 Å². The molecule has 1 unspecified atom stereocenters. The first-order chi connectivity index (χ1) is 33.5. The summed E-state index contributed by atoms with van der Waals surface area (Å²) < 4.78 is 16.7. The number of ether oxygens (including phenoxy) is 3. The van der Waals surface area contributed by atoms with Crippen LogP contribution in [0.1, 0.15) is 233 Å². The monoisotopic (exact) mass is 941 g/mol. The average Bonchev–Trinajstić information content (AvgIpc) is 3.34. The van der Waals surface area contributed by atoms with E-state index < -0.39 is 6.10 Å². The minimum absolute atomic E-state index is 0.114. The van der Waals surface area contributed by atoms with Gasteiger partial charge in [0.05, 0.1) is 0 Å². The van der Waals surface area contributed by atoms with Crippen molar-refractivity contribution in [3.63, 3.8) is 0 Å². The first kappa shape index (κ1) is 63.8. The van der Waals surface area contributed by atoms with Crippen LogP contribution in [0.3, 0.4) is 0 Å². The van der Waals surface area contributed by atoms with Gasteiger partial charge < -0.3 is 14.2 Å². The number of allylic oxidation sites excluding steroid dienone is 20. The lowest BCUT2D eigenvalue weighted by atomic mass is 10.1. The number of unbranched alkanes of at least 4 members (excludes halogenated alkanes) is 17. The number of hydrogen-bond donors (Lipinski definition) is 0. The highest BCUT2D eigenvalue weighted by molar-refractivity contribution is 5.71. The van der Waals surface area contributed by atoms with E-state index in [0.29, 0.717) is 19.3 Å². The minimum Gasteiger partial charge on any atom is -0.462 e. The second kappa shape index (κ2) is 55.4. The van der Waals surface area contributed by atoms with Crippen molar-refractivity contribution < 1.29 is 28.6 Å². The molecule has 0 aromatic rings. The van der Waals surface area contributed by atoms with Crippen molar-refractivity contribution in [1.29, 1.82) is 0 Å². The molecule has 6 nitrogen and oxygen atoms in total. The van der Waals surface area contributed by atoms with Gasteiger partial charge in [-0.05, 0) is 122 Å². The zero-order valence-electron chi connectivity index (χ0n) is 43.8. The zero-order valence-corrected chi connectivity index (χ0v) is 43.8. The Bertz CT molecular complexity index is 1450. The largest absolute Gasteiger partial charge is 0.462 e. The summed E-state index contributed by atoms with van der Waals surface area (Å²) in [6.07, 6.45) is 76.2. The van der Waals surface area contributed by atoms with Crippen molar-refractivity contribution in [3.8, 4) is 0 Å². The van der Waals surface area contributed by atoms with Crippen molar-refractivity contribution >= 4 is 17.9 Å². The number of rotatable bonds is 48. The fraction of sp³-hybridized carbons (Fsp3) is 0.629. The summed E-state index contributed by atoms with van der Waals surface area (Å²) in [5.74, 6) is -1.03. The van der Waals surface area contributed by atoms with Crippen LogP contribution in [-0.2, 0) is 28.6 Å². The molecular formula is C62H100O6. The van der Waals surface area contributed by atoms with Gasteiger partial charge in [0.2, 0.25) is 0 Å². The molecule has 1 atom stereocenters. The summed E-state index contributed by atoms with van der Waals surface area (Å²) in [6, 6.07) is 0. The van der Waals surface area contributed by atoms with Crippen LogP contribution in [0.2, 0.25) is 0 Å². The second-order valence-electron chi connectivity index (χ2n) is 17.7. The number of esters is 3. The Kier molecular flexibility index (Phi) is 52.0. The molecule has 0 aliphatic carbocycles. The molecule has 6 heteroatoms. The summed E-state index contributed by atoms with van der Waals surface area (Å²) in [7, 11) is 0. The highest BCUT2D eigenvalue weighted by Crippen LogP contribution is 2.13. The fourth-order valence-corrected chi connectivity index (χ4v) is 7.06. The molecular weight excluding hydrogens is 841 g/mol. The highest BCUT2D eigenvalue weighted by Gasteiger charge is 2.19. The van der Waals surface area contributed by atoms with Gasteiger partial charge in [-0.3, -0.25) is 14.4 Å². The number of hydrogen-bond acceptors (Lipinski definition) is 6. The van der Waals surface area contributed by atoms with E-state index in [1.807, 2.05) is 12.2 Å². The third kappa shape index (κ3) is 52.8. The SMILES string of the molecule is CC/C=C\C/C=C\C/C=C\C/C=C\C/C=C\C/C=C\CCC(=O)OCC(COC(=O)CCCCCCC/C=C\CCCCC)OC(=O)CCCCCCCC/C=C\C/C=C\C/C=C\CCCCC. The fourth-order valence-electron chi connectivity index (χ4n) is 7.06. The number of carbonyl (C=O) groups is 3. The first-order valence-corrected chi connectivity index (χ1v) is 27.5. The Balaban J connectivity index is 4.53. The summed E-state index contributed by atoms with van der Waals surface area (Å²) in [4.78, 5) is 38.0. The summed E-state index contributed by atoms with van der Waals surface area (Å²) in [6.45, 7) is 6.38. The Morgan fingerprint density at radius 1 is 0.309 bits per heavy atom. The maximum absolute atomic E-state index is 12.8. The normalized spacial score (nSPS) is 13.0. The van der Waals surface area contributed by atoms with E-state index in [1.54, 1.807) is 0 Å². The van der Waals surface area contributed by atoms with Crippen molar-refractivity contribution in [1.82, 2.24) is 0 Å². The third-order valence-corrected chi connectivity index (χ3v) is 11.2. The molecule has 0 aliphatic heterocycles. The number of carbonyl (C=O) groups excluding carboxylic acids is 3. The Hall–Kier alpha value is -4.19. The van der Waals surface area contributed by atoms with E-state index in [1.165, 1.54) is 70.6 Å². The molecule has 0 heterocycles. The van der Waals surface area contributed by atoms with Crippen LogP contribution < -0.4 is 0 Å². The molecule has 0 spiro atoms. The second-order valence-corrected chi connectivity index (χ2v) is 17.7. The molecule has 0 amide bonds. The van der Waals surface area contributed by atoms with E-state index in [9.17, 15) is 14.4 Å².